The lowest BCUT2D eigenvalue weighted by Crippen LogP contribution is -2.23. The van der Waals surface area contributed by atoms with Crippen molar-refractivity contribution in [3.05, 3.63) is 82.5 Å². The molecular formula is C27H26N2O4S. The number of aliphatic imine (C=N–C) groups is 1. The molecule has 2 heterocycles. The van der Waals surface area contributed by atoms with Crippen LogP contribution in [-0.4, -0.2) is 35.1 Å². The van der Waals surface area contributed by atoms with Crippen molar-refractivity contribution in [2.45, 2.75) is 33.3 Å². The Morgan fingerprint density at radius 3 is 2.62 bits per heavy atom. The van der Waals surface area contributed by atoms with E-state index in [1.807, 2.05) is 50.2 Å². The number of aryl methyl sites for hydroxylation is 1. The van der Waals surface area contributed by atoms with Gasteiger partial charge in [0.1, 0.15) is 11.5 Å². The van der Waals surface area contributed by atoms with Crippen molar-refractivity contribution in [3.8, 4) is 11.3 Å². The van der Waals surface area contributed by atoms with Crippen molar-refractivity contribution in [2.75, 3.05) is 7.05 Å². The molecular weight excluding hydrogens is 448 g/mol. The number of esters is 1. The van der Waals surface area contributed by atoms with Crippen molar-refractivity contribution < 1.29 is 18.7 Å². The van der Waals surface area contributed by atoms with E-state index in [0.717, 1.165) is 17.7 Å². The van der Waals surface area contributed by atoms with Crippen LogP contribution in [0.15, 0.2) is 75.0 Å². The van der Waals surface area contributed by atoms with Crippen LogP contribution in [0.4, 0.5) is 5.69 Å². The SMILES string of the molecule is CCc1ccc(N=C2S/C(=C/c3ccc(-c4cccc(C(=O)OC(C)C)c4)o3)C(=O)N2C)cc1. The minimum atomic E-state index is -0.377. The second-order valence-corrected chi connectivity index (χ2v) is 9.14. The van der Waals surface area contributed by atoms with Gasteiger partial charge in [-0.15, -0.1) is 0 Å². The van der Waals surface area contributed by atoms with E-state index in [0.29, 0.717) is 27.2 Å². The number of thioether (sulfide) groups is 1. The van der Waals surface area contributed by atoms with Crippen molar-refractivity contribution >= 4 is 40.6 Å². The number of hydrogen-bond acceptors (Lipinski definition) is 6. The minimum absolute atomic E-state index is 0.134. The normalized spacial score (nSPS) is 16.1. The Kier molecular flexibility index (Phi) is 7.03. The van der Waals surface area contributed by atoms with Crippen molar-refractivity contribution in [2.24, 2.45) is 4.99 Å². The molecule has 1 aliphatic rings. The second-order valence-electron chi connectivity index (χ2n) is 8.13. The first-order valence-corrected chi connectivity index (χ1v) is 11.9. The molecule has 0 saturated carbocycles. The number of likely N-dealkylation sites (N-methyl/N-ethyl adjacent to an activating group) is 1. The third-order valence-corrected chi connectivity index (χ3v) is 6.26. The van der Waals surface area contributed by atoms with Gasteiger partial charge >= 0.3 is 5.97 Å². The number of amidine groups is 1. The first-order valence-electron chi connectivity index (χ1n) is 11.1. The summed E-state index contributed by atoms with van der Waals surface area (Å²) < 4.78 is 11.2. The lowest BCUT2D eigenvalue weighted by atomic mass is 10.1. The first kappa shape index (κ1) is 23.6. The quantitative estimate of drug-likeness (QED) is 0.309. The van der Waals surface area contributed by atoms with Gasteiger partial charge in [-0.3, -0.25) is 9.69 Å². The Labute approximate surface area is 203 Å². The zero-order valence-corrected chi connectivity index (χ0v) is 20.4. The fourth-order valence-corrected chi connectivity index (χ4v) is 4.33. The number of rotatable bonds is 6. The summed E-state index contributed by atoms with van der Waals surface area (Å²) in [4.78, 5) is 31.7. The summed E-state index contributed by atoms with van der Waals surface area (Å²) >= 11 is 1.31. The molecule has 7 heteroatoms. The molecule has 0 N–H and O–H groups in total. The highest BCUT2D eigenvalue weighted by Gasteiger charge is 2.30. The zero-order valence-electron chi connectivity index (χ0n) is 19.6. The van der Waals surface area contributed by atoms with E-state index in [1.165, 1.54) is 22.2 Å². The molecule has 4 rings (SSSR count). The molecule has 1 fully saturated rings. The summed E-state index contributed by atoms with van der Waals surface area (Å²) in [5.74, 6) is 0.630. The van der Waals surface area contributed by atoms with Gasteiger partial charge in [0.05, 0.1) is 22.3 Å². The summed E-state index contributed by atoms with van der Waals surface area (Å²) in [5.41, 5.74) is 3.25. The maximum Gasteiger partial charge on any atom is 0.338 e. The zero-order chi connectivity index (χ0) is 24.2. The average Bonchev–Trinajstić information content (AvgIpc) is 3.40. The molecule has 0 bridgehead atoms. The lowest BCUT2D eigenvalue weighted by molar-refractivity contribution is -0.121. The number of amides is 1. The van der Waals surface area contributed by atoms with Gasteiger partial charge in [0.15, 0.2) is 5.17 Å². The summed E-state index contributed by atoms with van der Waals surface area (Å²) in [6.45, 7) is 5.73. The number of ether oxygens (including phenoxy) is 1. The molecule has 0 atom stereocenters. The monoisotopic (exact) mass is 474 g/mol. The Morgan fingerprint density at radius 1 is 1.15 bits per heavy atom. The third-order valence-electron chi connectivity index (χ3n) is 5.20. The molecule has 1 saturated heterocycles. The van der Waals surface area contributed by atoms with E-state index >= 15 is 0 Å². The van der Waals surface area contributed by atoms with Crippen LogP contribution < -0.4 is 0 Å². The van der Waals surface area contributed by atoms with E-state index in [1.54, 1.807) is 37.4 Å². The fourth-order valence-electron chi connectivity index (χ4n) is 3.36. The molecule has 2 aromatic carbocycles. The Morgan fingerprint density at radius 2 is 1.91 bits per heavy atom. The minimum Gasteiger partial charge on any atom is -0.459 e. The van der Waals surface area contributed by atoms with Crippen molar-refractivity contribution in [3.63, 3.8) is 0 Å². The highest BCUT2D eigenvalue weighted by molar-refractivity contribution is 8.18. The molecule has 0 unspecified atom stereocenters. The average molecular weight is 475 g/mol. The molecule has 1 amide bonds. The highest BCUT2D eigenvalue weighted by Crippen LogP contribution is 2.34. The third kappa shape index (κ3) is 5.31. The van der Waals surface area contributed by atoms with E-state index in [-0.39, 0.29) is 18.0 Å². The molecule has 1 aromatic heterocycles. The van der Waals surface area contributed by atoms with Gasteiger partial charge in [-0.25, -0.2) is 9.79 Å². The number of nitrogens with zero attached hydrogens (tertiary/aromatic N) is 2. The maximum absolute atomic E-state index is 12.8. The molecule has 174 valence electrons. The molecule has 1 aliphatic heterocycles. The van der Waals surface area contributed by atoms with Crippen LogP contribution >= 0.6 is 11.8 Å². The van der Waals surface area contributed by atoms with Gasteiger partial charge in [-0.2, -0.15) is 0 Å². The van der Waals surface area contributed by atoms with Crippen LogP contribution in [0.5, 0.6) is 0 Å². The maximum atomic E-state index is 12.8. The van der Waals surface area contributed by atoms with Crippen LogP contribution in [0, 0.1) is 0 Å². The molecule has 0 aliphatic carbocycles. The van der Waals surface area contributed by atoms with E-state index in [4.69, 9.17) is 9.15 Å². The molecule has 0 radical (unpaired) electrons. The number of hydrogen-bond donors (Lipinski definition) is 0. The highest BCUT2D eigenvalue weighted by atomic mass is 32.2. The van der Waals surface area contributed by atoms with Crippen LogP contribution in [0.25, 0.3) is 17.4 Å². The van der Waals surface area contributed by atoms with Crippen molar-refractivity contribution in [1.29, 1.82) is 0 Å². The van der Waals surface area contributed by atoms with Crippen LogP contribution in [0.3, 0.4) is 0 Å². The lowest BCUT2D eigenvalue weighted by Gasteiger charge is -2.08. The summed E-state index contributed by atoms with van der Waals surface area (Å²) in [6.07, 6.45) is 2.49. The predicted molar refractivity (Wildman–Crippen MR) is 136 cm³/mol. The number of carbonyl (C=O) groups is 2. The van der Waals surface area contributed by atoms with Gasteiger partial charge in [0.25, 0.3) is 5.91 Å². The van der Waals surface area contributed by atoms with E-state index in [2.05, 4.69) is 11.9 Å². The Bertz CT molecular complexity index is 1270. The van der Waals surface area contributed by atoms with Gasteiger partial charge in [0.2, 0.25) is 0 Å². The van der Waals surface area contributed by atoms with Crippen molar-refractivity contribution in [1.82, 2.24) is 4.90 Å². The van der Waals surface area contributed by atoms with E-state index < -0.39 is 0 Å². The van der Waals surface area contributed by atoms with Crippen LogP contribution in [0.1, 0.15) is 42.5 Å². The standard InChI is InChI=1S/C27H26N2O4S/c1-5-18-9-11-21(12-10-18)28-27-29(4)25(30)24(34-27)16-22-13-14-23(33-22)19-7-6-8-20(15-19)26(31)32-17(2)3/h6-17H,5H2,1-4H3/b24-16+,28-27?. The Hall–Kier alpha value is -3.58. The van der Waals surface area contributed by atoms with Crippen LogP contribution in [-0.2, 0) is 16.0 Å². The summed E-state index contributed by atoms with van der Waals surface area (Å²) in [5, 5.41) is 0.614. The van der Waals surface area contributed by atoms with Gasteiger partial charge in [-0.1, -0.05) is 31.2 Å². The molecule has 6 nitrogen and oxygen atoms in total. The fraction of sp³-hybridized carbons (Fsp3) is 0.222. The van der Waals surface area contributed by atoms with Gasteiger partial charge < -0.3 is 9.15 Å². The van der Waals surface area contributed by atoms with Crippen LogP contribution in [0.2, 0.25) is 0 Å². The van der Waals surface area contributed by atoms with Gasteiger partial charge in [0, 0.05) is 18.7 Å². The van der Waals surface area contributed by atoms with E-state index in [9.17, 15) is 9.59 Å². The first-order chi connectivity index (χ1) is 16.3. The molecule has 3 aromatic rings. The number of carbonyl (C=O) groups excluding carboxylic acids is 2. The smallest absolute Gasteiger partial charge is 0.338 e. The second kappa shape index (κ2) is 10.1. The summed E-state index contributed by atoms with van der Waals surface area (Å²) in [7, 11) is 1.71. The molecule has 34 heavy (non-hydrogen) atoms. The molecule has 0 spiro atoms. The summed E-state index contributed by atoms with van der Waals surface area (Å²) in [6, 6.07) is 18.7. The predicted octanol–water partition coefficient (Wildman–Crippen LogP) is 6.31. The van der Waals surface area contributed by atoms with Gasteiger partial charge in [-0.05, 0) is 74.0 Å². The largest absolute Gasteiger partial charge is 0.459 e. The Balaban J connectivity index is 1.53. The number of benzene rings is 2. The topological polar surface area (TPSA) is 72.1 Å². The number of furan rings is 1.